The summed E-state index contributed by atoms with van der Waals surface area (Å²) in [7, 11) is 2.02. The van der Waals surface area contributed by atoms with Crippen molar-refractivity contribution >= 4 is 21.9 Å². The van der Waals surface area contributed by atoms with Crippen LogP contribution in [0.1, 0.15) is 53.3 Å². The number of pyridine rings is 1. The molecule has 0 amide bonds. The van der Waals surface area contributed by atoms with Crippen LogP contribution in [0.3, 0.4) is 0 Å². The first-order valence-electron chi connectivity index (χ1n) is 13.0. The monoisotopic (exact) mass is 422 g/mol. The molecule has 0 spiro atoms. The van der Waals surface area contributed by atoms with Crippen LogP contribution in [0.15, 0.2) is 60.7 Å². The second kappa shape index (κ2) is 6.77. The Balaban J connectivity index is 1.69. The van der Waals surface area contributed by atoms with E-state index < -0.39 is 12.7 Å². The molecular formula is C29H28N3+. The average molecular weight is 423 g/mol. The number of benzene rings is 3. The van der Waals surface area contributed by atoms with E-state index in [2.05, 4.69) is 27.3 Å². The molecule has 32 heavy (non-hydrogen) atoms. The number of para-hydroxylation sites is 2. The molecule has 0 atom stereocenters. The molecule has 0 bridgehead atoms. The van der Waals surface area contributed by atoms with Gasteiger partial charge in [0, 0.05) is 29.4 Å². The fourth-order valence-electron chi connectivity index (χ4n) is 5.28. The number of nitrogens with zero attached hydrogens (tertiary/aromatic N) is 3. The van der Waals surface area contributed by atoms with Gasteiger partial charge in [0.1, 0.15) is 12.9 Å². The highest BCUT2D eigenvalue weighted by Crippen LogP contribution is 2.40. The van der Waals surface area contributed by atoms with Crippen molar-refractivity contribution in [3.8, 4) is 16.9 Å². The summed E-state index contributed by atoms with van der Waals surface area (Å²) in [4.78, 5) is 4.87. The number of hydrogen-bond donors (Lipinski definition) is 0. The van der Waals surface area contributed by atoms with Crippen molar-refractivity contribution in [2.45, 2.75) is 39.9 Å². The SMILES string of the molecule is [2H]C([2H])([2H])c1cc2c(c(-c3ccc4c(C([2H])(C)C)cccc4[n+]3C)c1C)Cc1nc3ccccc3n1-2. The standard InChI is InChI=1S/C29H28N3/c1-17(2)20-9-8-12-24-21(20)13-14-26(31(24)5)29-19(4)18(3)15-27-22(29)16-28-30-23-10-6-7-11-25(23)32(27)28/h6-15,17H,16H2,1-5H3/q+1/i3D3,17D. The van der Waals surface area contributed by atoms with Gasteiger partial charge >= 0.3 is 0 Å². The molecule has 0 saturated carbocycles. The highest BCUT2D eigenvalue weighted by Gasteiger charge is 2.30. The van der Waals surface area contributed by atoms with E-state index in [0.717, 1.165) is 61.4 Å². The van der Waals surface area contributed by atoms with Crippen LogP contribution in [-0.4, -0.2) is 9.55 Å². The quantitative estimate of drug-likeness (QED) is 0.300. The van der Waals surface area contributed by atoms with Gasteiger partial charge in [0.25, 0.3) is 0 Å². The molecule has 6 rings (SSSR count). The molecule has 0 N–H and O–H groups in total. The molecule has 0 fully saturated rings. The maximum absolute atomic E-state index is 8.62. The van der Waals surface area contributed by atoms with Crippen LogP contribution in [0, 0.1) is 13.8 Å². The highest BCUT2D eigenvalue weighted by molar-refractivity contribution is 5.85. The normalized spacial score (nSPS) is 15.2. The third kappa shape index (κ3) is 2.54. The van der Waals surface area contributed by atoms with Crippen LogP contribution in [0.2, 0.25) is 0 Å². The van der Waals surface area contributed by atoms with Crippen molar-refractivity contribution in [1.82, 2.24) is 9.55 Å². The predicted molar refractivity (Wildman–Crippen MR) is 132 cm³/mol. The second-order valence-electron chi connectivity index (χ2n) is 8.97. The Morgan fingerprint density at radius 3 is 2.75 bits per heavy atom. The van der Waals surface area contributed by atoms with Gasteiger partial charge in [-0.3, -0.25) is 4.57 Å². The Labute approximate surface area is 194 Å². The van der Waals surface area contributed by atoms with Crippen molar-refractivity contribution in [3.05, 3.63) is 88.7 Å². The van der Waals surface area contributed by atoms with Gasteiger partial charge < -0.3 is 0 Å². The van der Waals surface area contributed by atoms with Gasteiger partial charge in [-0.2, -0.15) is 4.57 Å². The minimum absolute atomic E-state index is 0.364. The van der Waals surface area contributed by atoms with Crippen LogP contribution < -0.4 is 4.57 Å². The zero-order valence-corrected chi connectivity index (χ0v) is 18.8. The fraction of sp³-hybridized carbons (Fsp3) is 0.241. The zero-order chi connectivity index (χ0) is 25.6. The van der Waals surface area contributed by atoms with Crippen LogP contribution in [0.5, 0.6) is 0 Å². The lowest BCUT2D eigenvalue weighted by molar-refractivity contribution is -0.633. The summed E-state index contributed by atoms with van der Waals surface area (Å²) in [6, 6.07) is 20.1. The molecule has 3 aromatic carbocycles. The fourth-order valence-corrected chi connectivity index (χ4v) is 5.28. The molecular weight excluding hydrogens is 390 g/mol. The zero-order valence-electron chi connectivity index (χ0n) is 22.8. The summed E-state index contributed by atoms with van der Waals surface area (Å²) in [5, 5.41) is 1.03. The summed E-state index contributed by atoms with van der Waals surface area (Å²) in [5.41, 5.74) is 8.92. The first-order chi connectivity index (χ1) is 17.0. The number of rotatable bonds is 2. The lowest BCUT2D eigenvalue weighted by atomic mass is 9.91. The van der Waals surface area contributed by atoms with E-state index in [9.17, 15) is 0 Å². The Morgan fingerprint density at radius 1 is 1.09 bits per heavy atom. The Bertz CT molecular complexity index is 1700. The largest absolute Gasteiger partial charge is 0.296 e. The van der Waals surface area contributed by atoms with E-state index in [1.165, 1.54) is 0 Å². The van der Waals surface area contributed by atoms with Crippen molar-refractivity contribution in [1.29, 1.82) is 0 Å². The van der Waals surface area contributed by atoms with Gasteiger partial charge in [-0.25, -0.2) is 4.98 Å². The minimum atomic E-state index is -2.25. The third-order valence-electron chi connectivity index (χ3n) is 6.89. The van der Waals surface area contributed by atoms with E-state index in [1.54, 1.807) is 0 Å². The number of hydrogen-bond acceptors (Lipinski definition) is 1. The number of aryl methyl sites for hydroxylation is 2. The first-order valence-corrected chi connectivity index (χ1v) is 11.0. The van der Waals surface area contributed by atoms with Crippen molar-refractivity contribution in [2.75, 3.05) is 0 Å². The number of imidazole rings is 1. The van der Waals surface area contributed by atoms with Crippen molar-refractivity contribution in [3.63, 3.8) is 0 Å². The van der Waals surface area contributed by atoms with Crippen LogP contribution in [-0.2, 0) is 13.5 Å². The van der Waals surface area contributed by atoms with Crippen LogP contribution >= 0.6 is 0 Å². The van der Waals surface area contributed by atoms with Gasteiger partial charge in [-0.1, -0.05) is 38.1 Å². The molecule has 1 aliphatic rings. The second-order valence-corrected chi connectivity index (χ2v) is 8.97. The summed E-state index contributed by atoms with van der Waals surface area (Å²) in [6.45, 7) is 3.48. The van der Waals surface area contributed by atoms with E-state index >= 15 is 0 Å². The van der Waals surface area contributed by atoms with E-state index in [0.29, 0.717) is 12.0 Å². The van der Waals surface area contributed by atoms with E-state index in [4.69, 9.17) is 10.5 Å². The van der Waals surface area contributed by atoms with Crippen LogP contribution in [0.25, 0.3) is 38.9 Å². The van der Waals surface area contributed by atoms with Gasteiger partial charge in [0.15, 0.2) is 0 Å². The molecule has 3 nitrogen and oxygen atoms in total. The molecule has 0 saturated heterocycles. The average Bonchev–Trinajstić information content (AvgIpc) is 3.34. The van der Waals surface area contributed by atoms with Crippen LogP contribution in [0.4, 0.5) is 0 Å². The summed E-state index contributed by atoms with van der Waals surface area (Å²) >= 11 is 0. The van der Waals surface area contributed by atoms with Gasteiger partial charge in [0.05, 0.1) is 22.3 Å². The first kappa shape index (κ1) is 15.4. The smallest absolute Gasteiger partial charge is 0.213 e. The van der Waals surface area contributed by atoms with Crippen molar-refractivity contribution < 1.29 is 10.1 Å². The van der Waals surface area contributed by atoms with Gasteiger partial charge in [0.2, 0.25) is 11.2 Å². The molecule has 3 heteroatoms. The lowest BCUT2D eigenvalue weighted by Crippen LogP contribution is -2.32. The van der Waals surface area contributed by atoms with Crippen molar-refractivity contribution in [2.24, 2.45) is 7.05 Å². The Hall–Kier alpha value is -3.46. The summed E-state index contributed by atoms with van der Waals surface area (Å²) < 4.78 is 37.8. The van der Waals surface area contributed by atoms with Gasteiger partial charge in [-0.05, 0) is 66.2 Å². The predicted octanol–water partition coefficient (Wildman–Crippen LogP) is 6.31. The lowest BCUT2D eigenvalue weighted by Gasteiger charge is -2.16. The molecule has 0 radical (unpaired) electrons. The maximum Gasteiger partial charge on any atom is 0.213 e. The number of aromatic nitrogens is 3. The molecule has 3 heterocycles. The molecule has 0 aliphatic carbocycles. The highest BCUT2D eigenvalue weighted by atomic mass is 15.1. The Kier molecular flexibility index (Phi) is 3.25. The summed E-state index contributed by atoms with van der Waals surface area (Å²) in [6.07, 6.45) is 0.638. The Morgan fingerprint density at radius 2 is 1.94 bits per heavy atom. The minimum Gasteiger partial charge on any atom is -0.296 e. The summed E-state index contributed by atoms with van der Waals surface area (Å²) in [5.74, 6) is 0.194. The molecule has 5 aromatic rings. The number of fused-ring (bicyclic) bond motifs is 6. The maximum atomic E-state index is 8.62. The topological polar surface area (TPSA) is 21.7 Å². The third-order valence-corrected chi connectivity index (χ3v) is 6.89. The molecule has 2 aromatic heterocycles. The molecule has 1 aliphatic heterocycles. The molecule has 158 valence electrons. The van der Waals surface area contributed by atoms with E-state index in [-0.39, 0.29) is 0 Å². The molecule has 0 unspecified atom stereocenters. The van der Waals surface area contributed by atoms with E-state index in [1.807, 2.05) is 70.3 Å². The van der Waals surface area contributed by atoms with Gasteiger partial charge in [-0.15, -0.1) is 0 Å².